The van der Waals surface area contributed by atoms with E-state index in [1.807, 2.05) is 0 Å². The Bertz CT molecular complexity index is 607. The Morgan fingerprint density at radius 3 is 3.05 bits per heavy atom. The number of aromatic nitrogens is 2. The molecule has 0 fully saturated rings. The van der Waals surface area contributed by atoms with E-state index in [9.17, 15) is 4.79 Å². The van der Waals surface area contributed by atoms with Crippen molar-refractivity contribution in [2.75, 3.05) is 13.2 Å². The fraction of sp³-hybridized carbons (Fsp3) is 0.364. The average molecular weight is 281 g/mol. The van der Waals surface area contributed by atoms with Crippen molar-refractivity contribution in [1.82, 2.24) is 15.6 Å². The molecule has 0 saturated carbocycles. The number of amides is 1. The average Bonchev–Trinajstić information content (AvgIpc) is 3.02. The van der Waals surface area contributed by atoms with Crippen LogP contribution < -0.4 is 14.8 Å². The van der Waals surface area contributed by atoms with E-state index in [4.69, 9.17) is 9.47 Å². The van der Waals surface area contributed by atoms with E-state index in [1.165, 1.54) is 11.3 Å². The fourth-order valence-electron chi connectivity index (χ4n) is 1.67. The van der Waals surface area contributed by atoms with Crippen LogP contribution in [0.5, 0.6) is 11.5 Å². The van der Waals surface area contributed by atoms with Gasteiger partial charge in [0.25, 0.3) is 5.91 Å². The molecule has 0 aromatic carbocycles. The number of ether oxygens (including phenoxy) is 2. The highest BCUT2D eigenvalue weighted by molar-refractivity contribution is 7.12. The van der Waals surface area contributed by atoms with Crippen molar-refractivity contribution in [2.24, 2.45) is 0 Å². The van der Waals surface area contributed by atoms with E-state index in [1.54, 1.807) is 12.3 Å². The number of hydrogen-bond donors (Lipinski definition) is 1. The Morgan fingerprint density at radius 2 is 2.26 bits per heavy atom. The van der Waals surface area contributed by atoms with Crippen LogP contribution in [-0.4, -0.2) is 29.4 Å². The molecule has 1 aliphatic rings. The summed E-state index contributed by atoms with van der Waals surface area (Å²) < 4.78 is 15.4. The van der Waals surface area contributed by atoms with Gasteiger partial charge >= 0.3 is 0 Å². The molecule has 3 heterocycles. The van der Waals surface area contributed by atoms with Gasteiger partial charge in [-0.15, -0.1) is 11.3 Å². The van der Waals surface area contributed by atoms with Gasteiger partial charge < -0.3 is 14.8 Å². The topological polar surface area (TPSA) is 86.5 Å². The highest BCUT2D eigenvalue weighted by atomic mass is 32.1. The van der Waals surface area contributed by atoms with Crippen LogP contribution in [0.15, 0.2) is 10.0 Å². The van der Waals surface area contributed by atoms with Crippen molar-refractivity contribution in [3.63, 3.8) is 0 Å². The van der Waals surface area contributed by atoms with Gasteiger partial charge in [0.05, 0.1) is 6.54 Å². The number of rotatable bonds is 3. The zero-order chi connectivity index (χ0) is 13.2. The summed E-state index contributed by atoms with van der Waals surface area (Å²) in [6.45, 7) is 2.99. The molecule has 2 aromatic heterocycles. The van der Waals surface area contributed by atoms with Crippen LogP contribution in [0.25, 0.3) is 0 Å². The zero-order valence-corrected chi connectivity index (χ0v) is 11.0. The molecule has 0 spiro atoms. The van der Waals surface area contributed by atoms with Crippen LogP contribution in [0.4, 0.5) is 0 Å². The predicted octanol–water partition coefficient (Wildman–Crippen LogP) is 1.14. The molecule has 0 aliphatic carbocycles. The Kier molecular flexibility index (Phi) is 3.08. The van der Waals surface area contributed by atoms with Gasteiger partial charge in [0, 0.05) is 5.38 Å². The third-order valence-electron chi connectivity index (χ3n) is 2.67. The van der Waals surface area contributed by atoms with E-state index >= 15 is 0 Å². The Morgan fingerprint density at radius 1 is 1.42 bits per heavy atom. The maximum absolute atomic E-state index is 12.1. The fourth-order valence-corrected chi connectivity index (χ4v) is 2.52. The van der Waals surface area contributed by atoms with Gasteiger partial charge in [-0.1, -0.05) is 10.3 Å². The van der Waals surface area contributed by atoms with E-state index in [-0.39, 0.29) is 12.5 Å². The standard InChI is InChI=1S/C11H11N3O4S/c1-6-7(14-18-13-6)4-12-11(15)10-9-8(5-19-10)16-2-3-17-9/h5H,2-4H2,1H3,(H,12,15). The van der Waals surface area contributed by atoms with Crippen LogP contribution in [0.2, 0.25) is 0 Å². The van der Waals surface area contributed by atoms with E-state index in [2.05, 4.69) is 20.3 Å². The maximum Gasteiger partial charge on any atom is 0.265 e. The monoisotopic (exact) mass is 281 g/mol. The Labute approximate surface area is 112 Å². The third-order valence-corrected chi connectivity index (χ3v) is 3.61. The number of fused-ring (bicyclic) bond motifs is 1. The number of hydrogen-bond acceptors (Lipinski definition) is 7. The lowest BCUT2D eigenvalue weighted by Crippen LogP contribution is -2.24. The molecule has 3 rings (SSSR count). The molecule has 0 radical (unpaired) electrons. The van der Waals surface area contributed by atoms with Crippen molar-refractivity contribution in [1.29, 1.82) is 0 Å². The van der Waals surface area contributed by atoms with Crippen molar-refractivity contribution >= 4 is 17.2 Å². The first-order valence-corrected chi connectivity index (χ1v) is 6.57. The van der Waals surface area contributed by atoms with Gasteiger partial charge in [-0.3, -0.25) is 4.79 Å². The van der Waals surface area contributed by atoms with Crippen LogP contribution in [0, 0.1) is 6.92 Å². The quantitative estimate of drug-likeness (QED) is 0.908. The molecule has 0 unspecified atom stereocenters. The van der Waals surface area contributed by atoms with Gasteiger partial charge in [-0.25, -0.2) is 4.63 Å². The molecule has 1 amide bonds. The van der Waals surface area contributed by atoms with Crippen LogP contribution in [0.3, 0.4) is 0 Å². The Balaban J connectivity index is 1.71. The second-order valence-corrected chi connectivity index (χ2v) is 4.81. The van der Waals surface area contributed by atoms with Crippen LogP contribution in [0.1, 0.15) is 21.1 Å². The lowest BCUT2D eigenvalue weighted by molar-refractivity contribution is 0.0945. The molecule has 100 valence electrons. The summed E-state index contributed by atoms with van der Waals surface area (Å²) in [6.07, 6.45) is 0. The first kappa shape index (κ1) is 12.0. The largest absolute Gasteiger partial charge is 0.485 e. The molecular weight excluding hydrogens is 270 g/mol. The van der Waals surface area contributed by atoms with Gasteiger partial charge in [-0.05, 0) is 6.92 Å². The smallest absolute Gasteiger partial charge is 0.265 e. The zero-order valence-electron chi connectivity index (χ0n) is 10.1. The van der Waals surface area contributed by atoms with Crippen molar-refractivity contribution in [3.8, 4) is 11.5 Å². The third kappa shape index (κ3) is 2.26. The highest BCUT2D eigenvalue weighted by Gasteiger charge is 2.23. The van der Waals surface area contributed by atoms with Gasteiger partial charge in [0.2, 0.25) is 0 Å². The van der Waals surface area contributed by atoms with Crippen molar-refractivity contribution < 1.29 is 18.9 Å². The maximum atomic E-state index is 12.1. The molecule has 7 nitrogen and oxygen atoms in total. The minimum absolute atomic E-state index is 0.223. The lowest BCUT2D eigenvalue weighted by atomic mass is 10.3. The second-order valence-electron chi connectivity index (χ2n) is 3.93. The number of carbonyl (C=O) groups excluding carboxylic acids is 1. The van der Waals surface area contributed by atoms with E-state index < -0.39 is 0 Å². The number of aryl methyl sites for hydroxylation is 1. The summed E-state index contributed by atoms with van der Waals surface area (Å²) >= 11 is 1.29. The van der Waals surface area contributed by atoms with E-state index in [0.717, 1.165) is 0 Å². The molecule has 0 bridgehead atoms. The minimum Gasteiger partial charge on any atom is -0.485 e. The van der Waals surface area contributed by atoms with Gasteiger partial charge in [0.1, 0.15) is 29.5 Å². The molecular formula is C11H11N3O4S. The summed E-state index contributed by atoms with van der Waals surface area (Å²) in [6, 6.07) is 0. The first-order chi connectivity index (χ1) is 9.25. The van der Waals surface area contributed by atoms with Crippen LogP contribution in [-0.2, 0) is 6.54 Å². The lowest BCUT2D eigenvalue weighted by Gasteiger charge is -2.15. The predicted molar refractivity (Wildman–Crippen MR) is 65.5 cm³/mol. The normalized spacial score (nSPS) is 13.3. The number of thiophene rings is 1. The molecule has 1 aliphatic heterocycles. The molecule has 1 N–H and O–H groups in total. The number of carbonyl (C=O) groups is 1. The molecule has 0 atom stereocenters. The molecule has 0 saturated heterocycles. The van der Waals surface area contributed by atoms with Crippen LogP contribution >= 0.6 is 11.3 Å². The van der Waals surface area contributed by atoms with Gasteiger partial charge in [-0.2, -0.15) is 0 Å². The summed E-state index contributed by atoms with van der Waals surface area (Å²) in [5.41, 5.74) is 1.27. The number of nitrogens with one attached hydrogen (secondary N) is 1. The van der Waals surface area contributed by atoms with Gasteiger partial charge in [0.15, 0.2) is 11.5 Å². The second kappa shape index (κ2) is 4.88. The van der Waals surface area contributed by atoms with Crippen molar-refractivity contribution in [2.45, 2.75) is 13.5 Å². The summed E-state index contributed by atoms with van der Waals surface area (Å²) in [5, 5.41) is 11.9. The summed E-state index contributed by atoms with van der Waals surface area (Å²) in [5.74, 6) is 0.920. The van der Waals surface area contributed by atoms with Crippen molar-refractivity contribution in [3.05, 3.63) is 21.6 Å². The SMILES string of the molecule is Cc1nonc1CNC(=O)c1scc2c1OCCO2. The summed E-state index contributed by atoms with van der Waals surface area (Å²) in [4.78, 5) is 12.6. The highest BCUT2D eigenvalue weighted by Crippen LogP contribution is 2.39. The first-order valence-electron chi connectivity index (χ1n) is 5.69. The molecule has 8 heteroatoms. The summed E-state index contributed by atoms with van der Waals surface area (Å²) in [7, 11) is 0. The molecule has 2 aromatic rings. The minimum atomic E-state index is -0.223. The number of nitrogens with zero attached hydrogens (tertiary/aromatic N) is 2. The Hall–Kier alpha value is -2.09. The molecule has 19 heavy (non-hydrogen) atoms. The van der Waals surface area contributed by atoms with E-state index in [0.29, 0.717) is 41.0 Å².